The van der Waals surface area contributed by atoms with Gasteiger partial charge < -0.3 is 10.6 Å². The smallest absolute Gasteiger partial charge is 0.249 e. The molecule has 1 aromatic rings. The van der Waals surface area contributed by atoms with Crippen molar-refractivity contribution in [3.63, 3.8) is 0 Å². The van der Waals surface area contributed by atoms with Crippen LogP contribution in [-0.2, 0) is 9.59 Å². The third-order valence-electron chi connectivity index (χ3n) is 3.85. The van der Waals surface area contributed by atoms with E-state index in [0.717, 1.165) is 25.9 Å². The van der Waals surface area contributed by atoms with Crippen molar-refractivity contribution in [2.75, 3.05) is 18.4 Å². The van der Waals surface area contributed by atoms with Gasteiger partial charge in [0, 0.05) is 18.7 Å². The SMILES string of the molecule is O=C1CCC(Nc2ccn(C3CCNCC3)n2)C(=O)N1. The van der Waals surface area contributed by atoms with Gasteiger partial charge in [0.15, 0.2) is 0 Å². The van der Waals surface area contributed by atoms with E-state index in [2.05, 4.69) is 21.0 Å². The third-order valence-corrected chi connectivity index (χ3v) is 3.85. The Labute approximate surface area is 117 Å². The van der Waals surface area contributed by atoms with Crippen LogP contribution in [-0.4, -0.2) is 40.7 Å². The summed E-state index contributed by atoms with van der Waals surface area (Å²) in [4.78, 5) is 22.8. The number of nitrogens with zero attached hydrogens (tertiary/aromatic N) is 2. The number of aromatic nitrogens is 2. The molecule has 2 amide bonds. The Kier molecular flexibility index (Phi) is 3.68. The van der Waals surface area contributed by atoms with E-state index in [1.807, 2.05) is 16.9 Å². The zero-order valence-electron chi connectivity index (χ0n) is 11.3. The predicted octanol–water partition coefficient (Wildman–Crippen LogP) is 0.0247. The molecule has 2 aliphatic rings. The minimum absolute atomic E-state index is 0.201. The lowest BCUT2D eigenvalue weighted by atomic mass is 10.1. The van der Waals surface area contributed by atoms with Crippen molar-refractivity contribution in [2.24, 2.45) is 0 Å². The van der Waals surface area contributed by atoms with Crippen LogP contribution in [0.2, 0.25) is 0 Å². The van der Waals surface area contributed by atoms with Crippen LogP contribution in [0.25, 0.3) is 0 Å². The molecule has 1 atom stereocenters. The second-order valence-corrected chi connectivity index (χ2v) is 5.31. The van der Waals surface area contributed by atoms with Gasteiger partial charge in [0.25, 0.3) is 0 Å². The van der Waals surface area contributed by atoms with Gasteiger partial charge in [-0.1, -0.05) is 0 Å². The highest BCUT2D eigenvalue weighted by molar-refractivity contribution is 6.01. The quantitative estimate of drug-likeness (QED) is 0.678. The zero-order valence-corrected chi connectivity index (χ0v) is 11.3. The number of carbonyl (C=O) groups excluding carboxylic acids is 2. The van der Waals surface area contributed by atoms with Gasteiger partial charge in [-0.05, 0) is 32.4 Å². The Morgan fingerprint density at radius 1 is 1.25 bits per heavy atom. The topological polar surface area (TPSA) is 88.1 Å². The van der Waals surface area contributed by atoms with E-state index in [0.29, 0.717) is 24.7 Å². The summed E-state index contributed by atoms with van der Waals surface area (Å²) >= 11 is 0. The summed E-state index contributed by atoms with van der Waals surface area (Å²) in [5, 5.41) is 13.3. The first kappa shape index (κ1) is 13.1. The van der Waals surface area contributed by atoms with Gasteiger partial charge in [0.1, 0.15) is 11.9 Å². The maximum absolute atomic E-state index is 11.7. The summed E-state index contributed by atoms with van der Waals surface area (Å²) < 4.78 is 1.97. The molecule has 1 unspecified atom stereocenters. The lowest BCUT2D eigenvalue weighted by Gasteiger charge is -2.23. The predicted molar refractivity (Wildman–Crippen MR) is 73.2 cm³/mol. The molecule has 3 N–H and O–H groups in total. The van der Waals surface area contributed by atoms with Crippen LogP contribution in [0.3, 0.4) is 0 Å². The summed E-state index contributed by atoms with van der Waals surface area (Å²) in [7, 11) is 0. The van der Waals surface area contributed by atoms with Gasteiger partial charge in [-0.25, -0.2) is 0 Å². The molecule has 0 aromatic carbocycles. The first-order valence-electron chi connectivity index (χ1n) is 7.08. The highest BCUT2D eigenvalue weighted by Gasteiger charge is 2.27. The molecular formula is C13H19N5O2. The van der Waals surface area contributed by atoms with E-state index in [1.54, 1.807) is 0 Å². The Hall–Kier alpha value is -1.89. The number of nitrogens with one attached hydrogen (secondary N) is 3. The average molecular weight is 277 g/mol. The molecule has 0 aliphatic carbocycles. The van der Waals surface area contributed by atoms with Gasteiger partial charge >= 0.3 is 0 Å². The molecule has 2 saturated heterocycles. The number of carbonyl (C=O) groups is 2. The van der Waals surface area contributed by atoms with Crippen LogP contribution in [0.5, 0.6) is 0 Å². The van der Waals surface area contributed by atoms with E-state index in [9.17, 15) is 9.59 Å². The largest absolute Gasteiger partial charge is 0.357 e. The molecule has 108 valence electrons. The second kappa shape index (κ2) is 5.62. The Balaban J connectivity index is 1.62. The van der Waals surface area contributed by atoms with Crippen molar-refractivity contribution < 1.29 is 9.59 Å². The molecule has 7 nitrogen and oxygen atoms in total. The normalized spacial score (nSPS) is 24.5. The fourth-order valence-corrected chi connectivity index (χ4v) is 2.70. The van der Waals surface area contributed by atoms with Gasteiger partial charge in [0.05, 0.1) is 6.04 Å². The van der Waals surface area contributed by atoms with Gasteiger partial charge in [-0.2, -0.15) is 5.10 Å². The number of imide groups is 1. The number of amides is 2. The lowest BCUT2D eigenvalue weighted by Crippen LogP contribution is -2.47. The van der Waals surface area contributed by atoms with Crippen LogP contribution in [0.4, 0.5) is 5.82 Å². The summed E-state index contributed by atoms with van der Waals surface area (Å²) in [5.41, 5.74) is 0. The summed E-state index contributed by atoms with van der Waals surface area (Å²) in [5.74, 6) is 0.226. The standard InChI is InChI=1S/C13H19N5O2/c19-12-2-1-10(13(20)16-12)15-11-5-8-18(17-11)9-3-6-14-7-4-9/h5,8-10,14H,1-4,6-7H2,(H,15,17)(H,16,19,20). The molecule has 3 rings (SSSR count). The average Bonchev–Trinajstić information content (AvgIpc) is 2.92. The molecule has 20 heavy (non-hydrogen) atoms. The second-order valence-electron chi connectivity index (χ2n) is 5.31. The lowest BCUT2D eigenvalue weighted by molar-refractivity contribution is -0.133. The molecule has 2 fully saturated rings. The molecule has 3 heterocycles. The number of piperidine rings is 2. The van der Waals surface area contributed by atoms with Crippen LogP contribution in [0.15, 0.2) is 12.3 Å². The van der Waals surface area contributed by atoms with Crippen molar-refractivity contribution in [2.45, 2.75) is 37.8 Å². The van der Waals surface area contributed by atoms with Gasteiger partial charge in [-0.3, -0.25) is 19.6 Å². The minimum atomic E-state index is -0.371. The molecule has 0 saturated carbocycles. The Bertz CT molecular complexity index is 507. The number of rotatable bonds is 3. The number of hydrogen-bond acceptors (Lipinski definition) is 5. The summed E-state index contributed by atoms with van der Waals surface area (Å²) in [6.45, 7) is 2.03. The molecule has 0 radical (unpaired) electrons. The van der Waals surface area contributed by atoms with Gasteiger partial charge in [-0.15, -0.1) is 0 Å². The highest BCUT2D eigenvalue weighted by Crippen LogP contribution is 2.19. The van der Waals surface area contributed by atoms with E-state index in [4.69, 9.17) is 0 Å². The number of hydrogen-bond donors (Lipinski definition) is 3. The molecule has 2 aliphatic heterocycles. The maximum Gasteiger partial charge on any atom is 0.249 e. The van der Waals surface area contributed by atoms with E-state index in [1.165, 1.54) is 0 Å². The van der Waals surface area contributed by atoms with Crippen LogP contribution in [0, 0.1) is 0 Å². The molecule has 0 bridgehead atoms. The van der Waals surface area contributed by atoms with Gasteiger partial charge in [0.2, 0.25) is 11.8 Å². The Morgan fingerprint density at radius 3 is 2.80 bits per heavy atom. The highest BCUT2D eigenvalue weighted by atomic mass is 16.2. The van der Waals surface area contributed by atoms with Crippen LogP contribution in [0.1, 0.15) is 31.7 Å². The van der Waals surface area contributed by atoms with Crippen LogP contribution >= 0.6 is 0 Å². The number of anilines is 1. The molecular weight excluding hydrogens is 258 g/mol. The summed E-state index contributed by atoms with van der Waals surface area (Å²) in [6.07, 6.45) is 4.98. The molecule has 7 heteroatoms. The first-order chi connectivity index (χ1) is 9.72. The summed E-state index contributed by atoms with van der Waals surface area (Å²) in [6, 6.07) is 1.93. The van der Waals surface area contributed by atoms with Crippen molar-refractivity contribution in [1.82, 2.24) is 20.4 Å². The molecule has 0 spiro atoms. The van der Waals surface area contributed by atoms with Crippen molar-refractivity contribution in [3.8, 4) is 0 Å². The fourth-order valence-electron chi connectivity index (χ4n) is 2.70. The Morgan fingerprint density at radius 2 is 2.05 bits per heavy atom. The van der Waals surface area contributed by atoms with Crippen molar-refractivity contribution >= 4 is 17.6 Å². The van der Waals surface area contributed by atoms with Crippen molar-refractivity contribution in [1.29, 1.82) is 0 Å². The van der Waals surface area contributed by atoms with E-state index >= 15 is 0 Å². The first-order valence-corrected chi connectivity index (χ1v) is 7.08. The zero-order chi connectivity index (χ0) is 13.9. The minimum Gasteiger partial charge on any atom is -0.357 e. The molecule has 1 aromatic heterocycles. The van der Waals surface area contributed by atoms with E-state index in [-0.39, 0.29) is 17.9 Å². The van der Waals surface area contributed by atoms with Crippen molar-refractivity contribution in [3.05, 3.63) is 12.3 Å². The third kappa shape index (κ3) is 2.82. The fraction of sp³-hybridized carbons (Fsp3) is 0.615. The van der Waals surface area contributed by atoms with Crippen LogP contribution < -0.4 is 16.0 Å². The maximum atomic E-state index is 11.7. The monoisotopic (exact) mass is 277 g/mol. The van der Waals surface area contributed by atoms with E-state index < -0.39 is 0 Å².